The van der Waals surface area contributed by atoms with E-state index in [1.54, 1.807) is 18.2 Å². The highest BCUT2D eigenvalue weighted by Crippen LogP contribution is 2.18. The Morgan fingerprint density at radius 1 is 1.39 bits per heavy atom. The lowest BCUT2D eigenvalue weighted by Gasteiger charge is -2.09. The highest BCUT2D eigenvalue weighted by Gasteiger charge is 2.13. The van der Waals surface area contributed by atoms with Crippen LogP contribution in [0.3, 0.4) is 0 Å². The standard InChI is InChI=1S/C12H11ClN4O/c1-7-3-2-4-8(14)10(7)11(18)16-9-5-6-15-12(13)17-9/h2-6H,14H2,1H3,(H,15,16,17,18). The molecule has 0 fully saturated rings. The van der Waals surface area contributed by atoms with Crippen molar-refractivity contribution in [3.8, 4) is 0 Å². The van der Waals surface area contributed by atoms with E-state index in [9.17, 15) is 4.79 Å². The number of amides is 1. The number of nitrogen functional groups attached to an aromatic ring is 1. The molecule has 92 valence electrons. The molecule has 0 aliphatic rings. The van der Waals surface area contributed by atoms with Crippen molar-refractivity contribution in [1.82, 2.24) is 9.97 Å². The minimum absolute atomic E-state index is 0.0746. The number of carbonyl (C=O) groups is 1. The Bertz CT molecular complexity index is 580. The lowest BCUT2D eigenvalue weighted by Crippen LogP contribution is -2.16. The van der Waals surface area contributed by atoms with E-state index in [1.807, 2.05) is 13.0 Å². The summed E-state index contributed by atoms with van der Waals surface area (Å²) >= 11 is 5.64. The summed E-state index contributed by atoms with van der Waals surface area (Å²) in [6, 6.07) is 6.84. The summed E-state index contributed by atoms with van der Waals surface area (Å²) in [7, 11) is 0. The number of nitrogens with two attached hydrogens (primary N) is 1. The number of aryl methyl sites for hydroxylation is 1. The molecule has 1 heterocycles. The van der Waals surface area contributed by atoms with Gasteiger partial charge in [0.05, 0.1) is 5.56 Å². The molecule has 5 nitrogen and oxygen atoms in total. The third-order valence-corrected chi connectivity index (χ3v) is 2.58. The van der Waals surface area contributed by atoms with Crippen LogP contribution >= 0.6 is 11.6 Å². The van der Waals surface area contributed by atoms with Gasteiger partial charge in [0, 0.05) is 11.9 Å². The van der Waals surface area contributed by atoms with Crippen LogP contribution in [0.4, 0.5) is 11.5 Å². The smallest absolute Gasteiger partial charge is 0.259 e. The van der Waals surface area contributed by atoms with Crippen molar-refractivity contribution in [2.45, 2.75) is 6.92 Å². The summed E-state index contributed by atoms with van der Waals surface area (Å²) in [6.45, 7) is 1.82. The Morgan fingerprint density at radius 3 is 2.83 bits per heavy atom. The Labute approximate surface area is 109 Å². The molecule has 1 aromatic heterocycles. The largest absolute Gasteiger partial charge is 0.398 e. The van der Waals surface area contributed by atoms with E-state index in [4.69, 9.17) is 17.3 Å². The first-order valence-corrected chi connectivity index (χ1v) is 5.60. The summed E-state index contributed by atoms with van der Waals surface area (Å²) in [5.74, 6) is 0.0167. The molecule has 0 saturated heterocycles. The molecule has 2 aromatic rings. The van der Waals surface area contributed by atoms with Gasteiger partial charge in [-0.1, -0.05) is 12.1 Å². The van der Waals surface area contributed by atoms with Crippen LogP contribution in [-0.4, -0.2) is 15.9 Å². The molecule has 0 spiro atoms. The molecule has 3 N–H and O–H groups in total. The molecule has 0 radical (unpaired) electrons. The van der Waals surface area contributed by atoms with Gasteiger partial charge in [0.1, 0.15) is 5.82 Å². The Morgan fingerprint density at radius 2 is 2.17 bits per heavy atom. The van der Waals surface area contributed by atoms with Crippen LogP contribution in [0.25, 0.3) is 0 Å². The predicted molar refractivity (Wildman–Crippen MR) is 70.6 cm³/mol. The molecule has 18 heavy (non-hydrogen) atoms. The zero-order valence-corrected chi connectivity index (χ0v) is 10.4. The number of aromatic nitrogens is 2. The molecular weight excluding hydrogens is 252 g/mol. The third kappa shape index (κ3) is 2.57. The summed E-state index contributed by atoms with van der Waals surface area (Å²) in [5, 5.41) is 2.70. The topological polar surface area (TPSA) is 80.9 Å². The third-order valence-electron chi connectivity index (χ3n) is 2.40. The number of hydrogen-bond donors (Lipinski definition) is 2. The van der Waals surface area contributed by atoms with E-state index in [0.717, 1.165) is 5.56 Å². The number of hydrogen-bond acceptors (Lipinski definition) is 4. The molecule has 0 saturated carbocycles. The monoisotopic (exact) mass is 262 g/mol. The van der Waals surface area contributed by atoms with Crippen molar-refractivity contribution in [3.63, 3.8) is 0 Å². The molecule has 0 bridgehead atoms. The second-order valence-corrected chi connectivity index (χ2v) is 4.04. The summed E-state index contributed by atoms with van der Waals surface area (Å²) < 4.78 is 0. The van der Waals surface area contributed by atoms with Crippen molar-refractivity contribution in [2.24, 2.45) is 0 Å². The van der Waals surface area contributed by atoms with Crippen molar-refractivity contribution in [1.29, 1.82) is 0 Å². The second kappa shape index (κ2) is 5.01. The Balaban J connectivity index is 2.28. The van der Waals surface area contributed by atoms with Gasteiger partial charge in [-0.05, 0) is 36.2 Å². The zero-order chi connectivity index (χ0) is 13.1. The zero-order valence-electron chi connectivity index (χ0n) is 9.64. The van der Waals surface area contributed by atoms with E-state index in [1.165, 1.54) is 6.20 Å². The number of carbonyl (C=O) groups excluding carboxylic acids is 1. The molecule has 1 amide bonds. The fraction of sp³-hybridized carbons (Fsp3) is 0.0833. The van der Waals surface area contributed by atoms with Gasteiger partial charge in [-0.15, -0.1) is 0 Å². The molecular formula is C12H11ClN4O. The minimum Gasteiger partial charge on any atom is -0.398 e. The first kappa shape index (κ1) is 12.3. The maximum absolute atomic E-state index is 12.1. The SMILES string of the molecule is Cc1cccc(N)c1C(=O)Nc1ccnc(Cl)n1. The molecule has 0 unspecified atom stereocenters. The van der Waals surface area contributed by atoms with Crippen molar-refractivity contribution < 1.29 is 4.79 Å². The van der Waals surface area contributed by atoms with Gasteiger partial charge in [0.25, 0.3) is 5.91 Å². The molecule has 2 rings (SSSR count). The van der Waals surface area contributed by atoms with E-state index < -0.39 is 0 Å². The number of nitrogens with one attached hydrogen (secondary N) is 1. The van der Waals surface area contributed by atoms with Gasteiger partial charge in [-0.2, -0.15) is 0 Å². The highest BCUT2D eigenvalue weighted by molar-refractivity contribution is 6.28. The van der Waals surface area contributed by atoms with Crippen LogP contribution in [0.1, 0.15) is 15.9 Å². The van der Waals surface area contributed by atoms with Crippen molar-refractivity contribution >= 4 is 29.0 Å². The van der Waals surface area contributed by atoms with E-state index in [-0.39, 0.29) is 11.2 Å². The van der Waals surface area contributed by atoms with Crippen LogP contribution in [-0.2, 0) is 0 Å². The number of halogens is 1. The molecule has 0 aliphatic heterocycles. The lowest BCUT2D eigenvalue weighted by molar-refractivity contribution is 0.102. The molecule has 6 heteroatoms. The van der Waals surface area contributed by atoms with Gasteiger partial charge in [0.2, 0.25) is 5.28 Å². The molecule has 1 aromatic carbocycles. The molecule has 0 atom stereocenters. The highest BCUT2D eigenvalue weighted by atomic mass is 35.5. The fourth-order valence-electron chi connectivity index (χ4n) is 1.58. The van der Waals surface area contributed by atoms with Gasteiger partial charge < -0.3 is 11.1 Å². The summed E-state index contributed by atoms with van der Waals surface area (Å²) in [6.07, 6.45) is 1.46. The maximum Gasteiger partial charge on any atom is 0.259 e. The van der Waals surface area contributed by atoms with Crippen molar-refractivity contribution in [3.05, 3.63) is 46.9 Å². The fourth-order valence-corrected chi connectivity index (χ4v) is 1.73. The summed E-state index contributed by atoms with van der Waals surface area (Å²) in [4.78, 5) is 19.7. The normalized spacial score (nSPS) is 10.1. The van der Waals surface area contributed by atoms with Crippen LogP contribution in [0.15, 0.2) is 30.5 Å². The summed E-state index contributed by atoms with van der Waals surface area (Å²) in [5.41, 5.74) is 7.45. The average molecular weight is 263 g/mol. The van der Waals surface area contributed by atoms with E-state index >= 15 is 0 Å². The Hall–Kier alpha value is -2.14. The van der Waals surface area contributed by atoms with Crippen LogP contribution in [0.5, 0.6) is 0 Å². The molecule has 0 aliphatic carbocycles. The van der Waals surface area contributed by atoms with Gasteiger partial charge in [-0.25, -0.2) is 9.97 Å². The average Bonchev–Trinajstić information content (AvgIpc) is 2.28. The van der Waals surface area contributed by atoms with Gasteiger partial charge >= 0.3 is 0 Å². The van der Waals surface area contributed by atoms with E-state index in [0.29, 0.717) is 17.1 Å². The lowest BCUT2D eigenvalue weighted by atomic mass is 10.1. The predicted octanol–water partition coefficient (Wildman–Crippen LogP) is 2.27. The van der Waals surface area contributed by atoms with Crippen LogP contribution < -0.4 is 11.1 Å². The van der Waals surface area contributed by atoms with E-state index in [2.05, 4.69) is 15.3 Å². The van der Waals surface area contributed by atoms with Crippen LogP contribution in [0.2, 0.25) is 5.28 Å². The number of benzene rings is 1. The quantitative estimate of drug-likeness (QED) is 0.643. The van der Waals surface area contributed by atoms with Crippen LogP contribution in [0, 0.1) is 6.92 Å². The second-order valence-electron chi connectivity index (χ2n) is 3.70. The van der Waals surface area contributed by atoms with Gasteiger partial charge in [-0.3, -0.25) is 4.79 Å². The van der Waals surface area contributed by atoms with Gasteiger partial charge in [0.15, 0.2) is 0 Å². The number of rotatable bonds is 2. The number of nitrogens with zero attached hydrogens (tertiary/aromatic N) is 2. The Kier molecular flexibility index (Phi) is 3.43. The maximum atomic E-state index is 12.1. The van der Waals surface area contributed by atoms with Crippen molar-refractivity contribution in [2.75, 3.05) is 11.1 Å². The first-order valence-electron chi connectivity index (χ1n) is 5.23. The number of anilines is 2. The first-order chi connectivity index (χ1) is 8.58. The minimum atomic E-state index is -0.319.